The van der Waals surface area contributed by atoms with Crippen LogP contribution >= 0.6 is 7.26 Å². The molecule has 0 aliphatic carbocycles. The maximum atomic E-state index is 11.9. The number of aliphatic hydroxyl groups excluding tert-OH is 4. The minimum Gasteiger partial charge on any atom is -0.355 e. The molecule has 0 aromatic heterocycles. The van der Waals surface area contributed by atoms with Gasteiger partial charge in [0.05, 0.1) is 0 Å². The molecule has 4 nitrogen and oxygen atoms in total. The third-order valence-electron chi connectivity index (χ3n) is 6.09. The van der Waals surface area contributed by atoms with Crippen molar-refractivity contribution in [2.24, 2.45) is 0 Å². The van der Waals surface area contributed by atoms with Gasteiger partial charge in [0.2, 0.25) is 0 Å². The van der Waals surface area contributed by atoms with Crippen LogP contribution < -0.4 is 0 Å². The Bertz CT molecular complexity index is 936. The summed E-state index contributed by atoms with van der Waals surface area (Å²) in [7, 11) is -3.53. The Morgan fingerprint density at radius 2 is 0.515 bits per heavy atom. The minimum atomic E-state index is -3.53. The number of hydrogen-bond acceptors (Lipinski definition) is 4. The molecule has 0 saturated heterocycles. The predicted molar refractivity (Wildman–Crippen MR) is 133 cm³/mol. The van der Waals surface area contributed by atoms with E-state index in [1.165, 1.54) is 0 Å². The zero-order valence-corrected chi connectivity index (χ0v) is 19.0. The van der Waals surface area contributed by atoms with E-state index in [2.05, 4.69) is 0 Å². The van der Waals surface area contributed by atoms with Gasteiger partial charge in [0.25, 0.3) is 0 Å². The summed E-state index contributed by atoms with van der Waals surface area (Å²) in [5.74, 6) is -5.17. The van der Waals surface area contributed by atoms with E-state index in [1.807, 2.05) is 24.3 Å². The van der Waals surface area contributed by atoms with Crippen LogP contribution in [-0.2, 0) is 0 Å². The number of hydrogen-bond donors (Lipinski definition) is 4. The fraction of sp³-hybridized carbons (Fsp3) is 0.143. The summed E-state index contributed by atoms with van der Waals surface area (Å²) in [6.07, 6.45) is 0. The fourth-order valence-corrected chi connectivity index (χ4v) is 8.70. The molecule has 0 heterocycles. The van der Waals surface area contributed by atoms with Gasteiger partial charge in [0, 0.05) is 22.3 Å². The summed E-state index contributed by atoms with van der Waals surface area (Å²) in [4.78, 5) is 0. The van der Waals surface area contributed by atoms with Crippen LogP contribution in [-0.4, -0.2) is 20.4 Å². The standard InChI is InChI=1S/C28H28O4P/c29-25(21-13-5-1-6-14-21)33(26(30)22-15-7-2-8-16-22,27(31)23-17-9-3-10-18-23)28(32)24-19-11-4-12-20-24/h1-20,25-32H/q+1. The predicted octanol–water partition coefficient (Wildman–Crippen LogP) is 5.77. The highest BCUT2D eigenvalue weighted by molar-refractivity contribution is 7.76. The average molecular weight is 460 g/mol. The van der Waals surface area contributed by atoms with Crippen LogP contribution in [0.3, 0.4) is 0 Å². The van der Waals surface area contributed by atoms with Gasteiger partial charge in [-0.1, -0.05) is 121 Å². The summed E-state index contributed by atoms with van der Waals surface area (Å²) >= 11 is 0. The van der Waals surface area contributed by atoms with Crippen molar-refractivity contribution in [1.82, 2.24) is 0 Å². The first-order valence-electron chi connectivity index (χ1n) is 10.9. The molecule has 4 aromatic carbocycles. The van der Waals surface area contributed by atoms with Crippen molar-refractivity contribution in [2.45, 2.75) is 23.4 Å². The highest BCUT2D eigenvalue weighted by Crippen LogP contribution is 2.89. The van der Waals surface area contributed by atoms with Crippen molar-refractivity contribution in [3.63, 3.8) is 0 Å². The normalized spacial score (nSPS) is 16.8. The van der Waals surface area contributed by atoms with Crippen molar-refractivity contribution in [2.75, 3.05) is 0 Å². The molecule has 4 rings (SSSR count). The monoisotopic (exact) mass is 459 g/mol. The van der Waals surface area contributed by atoms with Gasteiger partial charge >= 0.3 is 0 Å². The molecule has 0 bridgehead atoms. The second-order valence-electron chi connectivity index (χ2n) is 8.03. The zero-order chi connectivity index (χ0) is 23.3. The minimum absolute atomic E-state index is 0.533. The van der Waals surface area contributed by atoms with Crippen LogP contribution in [0.25, 0.3) is 0 Å². The maximum Gasteiger partial charge on any atom is 0.199 e. The lowest BCUT2D eigenvalue weighted by molar-refractivity contribution is 0.155. The first kappa shape index (κ1) is 23.3. The molecule has 0 radical (unpaired) electrons. The third kappa shape index (κ3) is 4.49. The number of rotatable bonds is 8. The molecule has 0 aliphatic heterocycles. The Labute approximate surface area is 194 Å². The van der Waals surface area contributed by atoms with Gasteiger partial charge in [-0.2, -0.15) is 0 Å². The van der Waals surface area contributed by atoms with Gasteiger partial charge < -0.3 is 20.4 Å². The van der Waals surface area contributed by atoms with Gasteiger partial charge in [-0.05, 0) is 0 Å². The second-order valence-corrected chi connectivity index (χ2v) is 11.8. The van der Waals surface area contributed by atoms with Crippen LogP contribution in [0.2, 0.25) is 0 Å². The zero-order valence-electron chi connectivity index (χ0n) is 18.1. The molecule has 0 spiro atoms. The Hall–Kier alpha value is -2.85. The second kappa shape index (κ2) is 10.4. The molecule has 4 unspecified atom stereocenters. The molecule has 0 aliphatic rings. The van der Waals surface area contributed by atoms with Crippen molar-refractivity contribution < 1.29 is 20.4 Å². The molecular formula is C28H28O4P+. The van der Waals surface area contributed by atoms with Crippen molar-refractivity contribution in [1.29, 1.82) is 0 Å². The van der Waals surface area contributed by atoms with Crippen LogP contribution in [0.15, 0.2) is 121 Å². The average Bonchev–Trinajstić information content (AvgIpc) is 2.90. The lowest BCUT2D eigenvalue weighted by Crippen LogP contribution is -2.25. The topological polar surface area (TPSA) is 80.9 Å². The Morgan fingerprint density at radius 3 is 0.697 bits per heavy atom. The molecule has 4 N–H and O–H groups in total. The summed E-state index contributed by atoms with van der Waals surface area (Å²) in [5.41, 5.74) is 2.13. The molecular weight excluding hydrogens is 431 g/mol. The van der Waals surface area contributed by atoms with Crippen molar-refractivity contribution in [3.8, 4) is 0 Å². The largest absolute Gasteiger partial charge is 0.355 e. The van der Waals surface area contributed by atoms with Crippen LogP contribution in [0.5, 0.6) is 0 Å². The molecule has 5 heteroatoms. The van der Waals surface area contributed by atoms with Gasteiger partial charge in [-0.15, -0.1) is 0 Å². The summed E-state index contributed by atoms with van der Waals surface area (Å²) < 4.78 is 0. The van der Waals surface area contributed by atoms with Gasteiger partial charge in [-0.25, -0.2) is 0 Å². The summed E-state index contributed by atoms with van der Waals surface area (Å²) in [6.45, 7) is 0. The fourth-order valence-electron chi connectivity index (χ4n) is 4.34. The molecule has 4 atom stereocenters. The van der Waals surface area contributed by atoms with Crippen LogP contribution in [0.4, 0.5) is 0 Å². The van der Waals surface area contributed by atoms with Crippen molar-refractivity contribution in [3.05, 3.63) is 144 Å². The van der Waals surface area contributed by atoms with Crippen LogP contribution in [0.1, 0.15) is 45.6 Å². The van der Waals surface area contributed by atoms with Crippen LogP contribution in [0, 0.1) is 0 Å². The smallest absolute Gasteiger partial charge is 0.199 e. The lowest BCUT2D eigenvalue weighted by atomic mass is 10.2. The molecule has 168 valence electrons. The highest BCUT2D eigenvalue weighted by Gasteiger charge is 2.64. The Morgan fingerprint density at radius 1 is 0.333 bits per heavy atom. The quantitative estimate of drug-likeness (QED) is 0.252. The maximum absolute atomic E-state index is 11.9. The van der Waals surface area contributed by atoms with E-state index >= 15 is 0 Å². The van der Waals surface area contributed by atoms with Gasteiger partial charge in [0.1, 0.15) is 0 Å². The molecule has 0 saturated carbocycles. The highest BCUT2D eigenvalue weighted by atomic mass is 31.2. The number of aliphatic hydroxyl groups is 4. The Kier molecular flexibility index (Phi) is 7.34. The summed E-state index contributed by atoms with van der Waals surface area (Å²) in [5, 5.41) is 47.6. The van der Waals surface area contributed by atoms with Crippen molar-refractivity contribution >= 4 is 7.26 Å². The summed E-state index contributed by atoms with van der Waals surface area (Å²) in [6, 6.07) is 35.8. The van der Waals surface area contributed by atoms with E-state index in [0.717, 1.165) is 0 Å². The molecule has 0 amide bonds. The third-order valence-corrected chi connectivity index (χ3v) is 10.7. The van der Waals surface area contributed by atoms with Gasteiger partial charge in [0.15, 0.2) is 30.6 Å². The van der Waals surface area contributed by atoms with E-state index in [-0.39, 0.29) is 0 Å². The van der Waals surface area contributed by atoms with E-state index in [4.69, 9.17) is 0 Å². The van der Waals surface area contributed by atoms with E-state index in [1.54, 1.807) is 97.1 Å². The van der Waals surface area contributed by atoms with E-state index < -0.39 is 30.6 Å². The molecule has 0 fully saturated rings. The van der Waals surface area contributed by atoms with E-state index in [0.29, 0.717) is 22.3 Å². The molecule has 33 heavy (non-hydrogen) atoms. The number of benzene rings is 4. The first-order valence-corrected chi connectivity index (χ1v) is 12.9. The Balaban J connectivity index is 1.99. The first-order chi connectivity index (χ1) is 16.1. The van der Waals surface area contributed by atoms with Gasteiger partial charge in [-0.3, -0.25) is 0 Å². The van der Waals surface area contributed by atoms with E-state index in [9.17, 15) is 20.4 Å². The molecule has 4 aromatic rings. The SMILES string of the molecule is OC(c1ccccc1)[P+](C(O)c1ccccc1)(C(O)c1ccccc1)C(O)c1ccccc1. The lowest BCUT2D eigenvalue weighted by Gasteiger charge is -2.41.